The van der Waals surface area contributed by atoms with Gasteiger partial charge in [0.1, 0.15) is 6.04 Å². The van der Waals surface area contributed by atoms with Gasteiger partial charge >= 0.3 is 6.18 Å². The van der Waals surface area contributed by atoms with Gasteiger partial charge < -0.3 is 5.32 Å². The molecular formula is C25H25F3N2O. The summed E-state index contributed by atoms with van der Waals surface area (Å²) in [4.78, 5) is 12.6. The first kappa shape index (κ1) is 22.6. The molecule has 0 aliphatic carbocycles. The number of amides is 1. The smallest absolute Gasteiger partial charge is 0.358 e. The van der Waals surface area contributed by atoms with Crippen molar-refractivity contribution in [3.05, 3.63) is 107 Å². The molecule has 0 saturated carbocycles. The number of benzene rings is 3. The standard InChI is InChI=1S/C25H25F3N2O/c1-29-24(31)23(20-10-6-3-7-11-20)30-22(19-8-4-2-5-9-19)17-14-18-12-15-21(16-13-18)25(26,27)28/h2-13,15-16,22-23,30H,14,17H2,1H3,(H,29,31). The second-order valence-corrected chi connectivity index (χ2v) is 7.32. The minimum Gasteiger partial charge on any atom is -0.358 e. The highest BCUT2D eigenvalue weighted by molar-refractivity contribution is 5.83. The van der Waals surface area contributed by atoms with Crippen molar-refractivity contribution in [3.63, 3.8) is 0 Å². The van der Waals surface area contributed by atoms with Crippen molar-refractivity contribution in [2.24, 2.45) is 0 Å². The third kappa shape index (κ3) is 6.18. The van der Waals surface area contributed by atoms with Gasteiger partial charge in [-0.25, -0.2) is 0 Å². The molecule has 0 aliphatic heterocycles. The minimum absolute atomic E-state index is 0.151. The number of aryl methyl sites for hydroxylation is 1. The van der Waals surface area contributed by atoms with E-state index in [0.717, 1.165) is 28.8 Å². The first-order valence-corrected chi connectivity index (χ1v) is 10.1. The summed E-state index contributed by atoms with van der Waals surface area (Å²) < 4.78 is 38.5. The van der Waals surface area contributed by atoms with Crippen LogP contribution in [0.2, 0.25) is 0 Å². The zero-order valence-corrected chi connectivity index (χ0v) is 17.2. The first-order valence-electron chi connectivity index (χ1n) is 10.1. The molecule has 0 heterocycles. The van der Waals surface area contributed by atoms with Gasteiger partial charge in [-0.3, -0.25) is 10.1 Å². The van der Waals surface area contributed by atoms with Gasteiger partial charge in [0, 0.05) is 13.1 Å². The zero-order valence-electron chi connectivity index (χ0n) is 17.2. The lowest BCUT2D eigenvalue weighted by Gasteiger charge is -2.26. The van der Waals surface area contributed by atoms with Gasteiger partial charge in [0.2, 0.25) is 5.91 Å². The summed E-state index contributed by atoms with van der Waals surface area (Å²) in [5, 5.41) is 6.16. The Labute approximate surface area is 180 Å². The van der Waals surface area contributed by atoms with E-state index in [1.165, 1.54) is 12.1 Å². The predicted octanol–water partition coefficient (Wildman–Crippen LogP) is 5.46. The van der Waals surface area contributed by atoms with Gasteiger partial charge in [-0.2, -0.15) is 13.2 Å². The van der Waals surface area contributed by atoms with E-state index in [9.17, 15) is 18.0 Å². The average molecular weight is 426 g/mol. The van der Waals surface area contributed by atoms with Crippen molar-refractivity contribution in [1.29, 1.82) is 0 Å². The van der Waals surface area contributed by atoms with Crippen LogP contribution in [0.5, 0.6) is 0 Å². The number of alkyl halides is 3. The van der Waals surface area contributed by atoms with Crippen LogP contribution >= 0.6 is 0 Å². The fourth-order valence-electron chi connectivity index (χ4n) is 3.52. The summed E-state index contributed by atoms with van der Waals surface area (Å²) in [7, 11) is 1.60. The van der Waals surface area contributed by atoms with E-state index in [1.807, 2.05) is 60.7 Å². The van der Waals surface area contributed by atoms with Gasteiger partial charge in [-0.05, 0) is 41.7 Å². The van der Waals surface area contributed by atoms with Gasteiger partial charge in [0.15, 0.2) is 0 Å². The molecule has 0 fully saturated rings. The van der Waals surface area contributed by atoms with Crippen LogP contribution in [0.15, 0.2) is 84.9 Å². The fraction of sp³-hybridized carbons (Fsp3) is 0.240. The van der Waals surface area contributed by atoms with E-state index in [0.29, 0.717) is 12.8 Å². The number of hydrogen-bond donors (Lipinski definition) is 2. The van der Waals surface area contributed by atoms with Crippen molar-refractivity contribution in [2.45, 2.75) is 31.1 Å². The normalized spacial score (nSPS) is 13.4. The maximum atomic E-state index is 12.8. The van der Waals surface area contributed by atoms with Crippen LogP contribution in [-0.4, -0.2) is 13.0 Å². The number of carbonyl (C=O) groups excluding carboxylic acids is 1. The maximum absolute atomic E-state index is 12.8. The summed E-state index contributed by atoms with van der Waals surface area (Å²) in [6.45, 7) is 0. The topological polar surface area (TPSA) is 41.1 Å². The Balaban J connectivity index is 1.81. The Morgan fingerprint density at radius 3 is 1.90 bits per heavy atom. The van der Waals surface area contributed by atoms with Gasteiger partial charge in [-0.1, -0.05) is 72.8 Å². The SMILES string of the molecule is CNC(=O)C(NC(CCc1ccc(C(F)(F)F)cc1)c1ccccc1)c1ccccc1. The molecule has 6 heteroatoms. The molecule has 0 bridgehead atoms. The summed E-state index contributed by atoms with van der Waals surface area (Å²) in [5.41, 5.74) is 2.02. The first-order chi connectivity index (χ1) is 14.9. The van der Waals surface area contributed by atoms with Crippen molar-refractivity contribution < 1.29 is 18.0 Å². The second-order valence-electron chi connectivity index (χ2n) is 7.32. The lowest BCUT2D eigenvalue weighted by Crippen LogP contribution is -2.38. The highest BCUT2D eigenvalue weighted by Gasteiger charge is 2.30. The highest BCUT2D eigenvalue weighted by Crippen LogP contribution is 2.30. The van der Waals surface area contributed by atoms with Crippen LogP contribution in [-0.2, 0) is 17.4 Å². The summed E-state index contributed by atoms with van der Waals surface area (Å²) in [6, 6.07) is 23.7. The molecule has 0 aromatic heterocycles. The summed E-state index contributed by atoms with van der Waals surface area (Å²) in [6.07, 6.45) is -3.15. The largest absolute Gasteiger partial charge is 0.416 e. The monoisotopic (exact) mass is 426 g/mol. The van der Waals surface area contributed by atoms with Crippen LogP contribution < -0.4 is 10.6 Å². The van der Waals surface area contributed by atoms with E-state index in [-0.39, 0.29) is 11.9 Å². The lowest BCUT2D eigenvalue weighted by molar-refractivity contribution is -0.137. The Morgan fingerprint density at radius 2 is 1.39 bits per heavy atom. The Bertz CT molecular complexity index is 958. The van der Waals surface area contributed by atoms with Crippen molar-refractivity contribution in [2.75, 3.05) is 7.05 Å². The van der Waals surface area contributed by atoms with E-state index in [2.05, 4.69) is 10.6 Å². The van der Waals surface area contributed by atoms with E-state index >= 15 is 0 Å². The molecular weight excluding hydrogens is 401 g/mol. The Hall–Kier alpha value is -3.12. The maximum Gasteiger partial charge on any atom is 0.416 e. The molecule has 3 rings (SSSR count). The van der Waals surface area contributed by atoms with Gasteiger partial charge in [0.25, 0.3) is 0 Å². The van der Waals surface area contributed by atoms with Crippen LogP contribution in [0, 0.1) is 0 Å². The molecule has 0 aliphatic rings. The van der Waals surface area contributed by atoms with Gasteiger partial charge in [-0.15, -0.1) is 0 Å². The molecule has 0 spiro atoms. The third-order valence-corrected chi connectivity index (χ3v) is 5.21. The van der Waals surface area contributed by atoms with Crippen LogP contribution in [0.3, 0.4) is 0 Å². The average Bonchev–Trinajstić information content (AvgIpc) is 2.79. The molecule has 2 N–H and O–H groups in total. The molecule has 162 valence electrons. The van der Waals surface area contributed by atoms with Crippen LogP contribution in [0.4, 0.5) is 13.2 Å². The van der Waals surface area contributed by atoms with E-state index < -0.39 is 17.8 Å². The molecule has 3 aromatic carbocycles. The van der Waals surface area contributed by atoms with Gasteiger partial charge in [0.05, 0.1) is 5.56 Å². The minimum atomic E-state index is -4.34. The predicted molar refractivity (Wildman–Crippen MR) is 115 cm³/mol. The van der Waals surface area contributed by atoms with E-state index in [1.54, 1.807) is 7.05 Å². The molecule has 3 nitrogen and oxygen atoms in total. The Morgan fingerprint density at radius 1 is 0.839 bits per heavy atom. The Kier molecular flexibility index (Phi) is 7.47. The molecule has 2 unspecified atom stereocenters. The number of rotatable bonds is 8. The zero-order chi connectivity index (χ0) is 22.3. The fourth-order valence-corrected chi connectivity index (χ4v) is 3.52. The second kappa shape index (κ2) is 10.3. The van der Waals surface area contributed by atoms with E-state index in [4.69, 9.17) is 0 Å². The highest BCUT2D eigenvalue weighted by atomic mass is 19.4. The van der Waals surface area contributed by atoms with Crippen LogP contribution in [0.25, 0.3) is 0 Å². The number of nitrogens with one attached hydrogen (secondary N) is 2. The molecule has 2 atom stereocenters. The summed E-state index contributed by atoms with van der Waals surface area (Å²) in [5.74, 6) is -0.151. The molecule has 1 amide bonds. The molecule has 0 saturated heterocycles. The quantitative estimate of drug-likeness (QED) is 0.503. The number of hydrogen-bond acceptors (Lipinski definition) is 2. The summed E-state index contributed by atoms with van der Waals surface area (Å²) >= 11 is 0. The number of likely N-dealkylation sites (N-methyl/N-ethyl adjacent to an activating group) is 1. The van der Waals surface area contributed by atoms with Crippen molar-refractivity contribution in [1.82, 2.24) is 10.6 Å². The molecule has 0 radical (unpaired) electrons. The van der Waals surface area contributed by atoms with Crippen molar-refractivity contribution >= 4 is 5.91 Å². The number of halogens is 3. The lowest BCUT2D eigenvalue weighted by atomic mass is 9.96. The van der Waals surface area contributed by atoms with Crippen LogP contribution in [0.1, 0.15) is 40.8 Å². The molecule has 3 aromatic rings. The van der Waals surface area contributed by atoms with Crippen molar-refractivity contribution in [3.8, 4) is 0 Å². The third-order valence-electron chi connectivity index (χ3n) is 5.21. The molecule has 31 heavy (non-hydrogen) atoms. The number of carbonyl (C=O) groups is 1.